The normalized spacial score (nSPS) is 22.4. The lowest BCUT2D eigenvalue weighted by Gasteiger charge is -2.48. The van der Waals surface area contributed by atoms with Crippen LogP contribution >= 0.6 is 0 Å². The summed E-state index contributed by atoms with van der Waals surface area (Å²) in [7, 11) is 0. The van der Waals surface area contributed by atoms with Gasteiger partial charge in [-0.1, -0.05) is 30.3 Å². The summed E-state index contributed by atoms with van der Waals surface area (Å²) in [4.78, 5) is 17.0. The molecule has 0 bridgehead atoms. The molecule has 0 N–H and O–H groups in total. The fourth-order valence-electron chi connectivity index (χ4n) is 4.04. The van der Waals surface area contributed by atoms with Gasteiger partial charge in [0, 0.05) is 25.7 Å². The molecule has 0 saturated carbocycles. The number of morpholine rings is 1. The van der Waals surface area contributed by atoms with Crippen molar-refractivity contribution in [1.29, 1.82) is 0 Å². The van der Waals surface area contributed by atoms with E-state index in [9.17, 15) is 4.79 Å². The van der Waals surface area contributed by atoms with E-state index in [0.717, 1.165) is 6.54 Å². The predicted molar refractivity (Wildman–Crippen MR) is 103 cm³/mol. The lowest BCUT2D eigenvalue weighted by atomic mass is 10.00. The van der Waals surface area contributed by atoms with Gasteiger partial charge in [-0.05, 0) is 11.6 Å². The lowest BCUT2D eigenvalue weighted by Crippen LogP contribution is -2.60. The molecule has 1 aromatic carbocycles. The van der Waals surface area contributed by atoms with E-state index in [1.807, 2.05) is 11.0 Å². The SMILES string of the molecule is O=C(COc1ccc2nncn2n1)N1CCN2[C@@H](COC[C@@H]2c2ccccc2)C1. The molecule has 3 aromatic rings. The number of hydrogen-bond donors (Lipinski definition) is 0. The minimum atomic E-state index is -0.0453. The number of amides is 1. The summed E-state index contributed by atoms with van der Waals surface area (Å²) in [5.41, 5.74) is 1.89. The molecule has 2 saturated heterocycles. The maximum Gasteiger partial charge on any atom is 0.260 e. The number of carbonyl (C=O) groups excluding carboxylic acids is 1. The molecular weight excluding hydrogens is 372 g/mol. The molecule has 2 fully saturated rings. The van der Waals surface area contributed by atoms with Gasteiger partial charge in [-0.15, -0.1) is 15.3 Å². The highest BCUT2D eigenvalue weighted by atomic mass is 16.5. The maximum atomic E-state index is 12.7. The number of ether oxygens (including phenoxy) is 2. The first kappa shape index (κ1) is 18.0. The molecule has 5 rings (SSSR count). The van der Waals surface area contributed by atoms with Gasteiger partial charge in [-0.2, -0.15) is 4.52 Å². The number of aromatic nitrogens is 4. The lowest BCUT2D eigenvalue weighted by molar-refractivity contribution is -0.142. The van der Waals surface area contributed by atoms with Crippen molar-refractivity contribution in [2.75, 3.05) is 39.5 Å². The first-order valence-corrected chi connectivity index (χ1v) is 9.74. The average Bonchev–Trinajstić information content (AvgIpc) is 3.25. The number of fused-ring (bicyclic) bond motifs is 2. The van der Waals surface area contributed by atoms with Crippen LogP contribution in [0.25, 0.3) is 5.65 Å². The Bertz CT molecular complexity index is 994. The van der Waals surface area contributed by atoms with E-state index < -0.39 is 0 Å². The van der Waals surface area contributed by atoms with E-state index in [0.29, 0.717) is 37.8 Å². The van der Waals surface area contributed by atoms with E-state index in [1.54, 1.807) is 12.1 Å². The molecule has 0 unspecified atom stereocenters. The topological polar surface area (TPSA) is 85.1 Å². The third kappa shape index (κ3) is 3.66. The zero-order valence-corrected chi connectivity index (χ0v) is 15.9. The Morgan fingerprint density at radius 3 is 2.93 bits per heavy atom. The molecule has 0 spiro atoms. The molecule has 2 aliphatic heterocycles. The van der Waals surface area contributed by atoms with Gasteiger partial charge in [0.2, 0.25) is 5.88 Å². The summed E-state index contributed by atoms with van der Waals surface area (Å²) in [6.07, 6.45) is 1.50. The quantitative estimate of drug-likeness (QED) is 0.647. The average molecular weight is 394 g/mol. The number of carbonyl (C=O) groups is 1. The summed E-state index contributed by atoms with van der Waals surface area (Å²) in [6, 6.07) is 14.3. The molecular formula is C20H22N6O3. The molecule has 2 aliphatic rings. The first-order chi connectivity index (χ1) is 14.3. The fraction of sp³-hybridized carbons (Fsp3) is 0.400. The Balaban J connectivity index is 1.20. The summed E-state index contributed by atoms with van der Waals surface area (Å²) in [6.45, 7) is 3.43. The Labute approximate surface area is 167 Å². The Morgan fingerprint density at radius 1 is 1.14 bits per heavy atom. The summed E-state index contributed by atoms with van der Waals surface area (Å²) < 4.78 is 13.0. The van der Waals surface area contributed by atoms with E-state index in [2.05, 4.69) is 44.5 Å². The number of rotatable bonds is 4. The zero-order valence-electron chi connectivity index (χ0n) is 15.9. The van der Waals surface area contributed by atoms with Gasteiger partial charge < -0.3 is 14.4 Å². The summed E-state index contributed by atoms with van der Waals surface area (Å²) in [5.74, 6) is 0.326. The first-order valence-electron chi connectivity index (χ1n) is 9.74. The van der Waals surface area contributed by atoms with Crippen molar-refractivity contribution in [2.45, 2.75) is 12.1 Å². The van der Waals surface area contributed by atoms with Crippen LogP contribution in [0.3, 0.4) is 0 Å². The Hall–Kier alpha value is -3.04. The molecule has 9 nitrogen and oxygen atoms in total. The highest BCUT2D eigenvalue weighted by molar-refractivity contribution is 5.78. The molecule has 2 aromatic heterocycles. The molecule has 2 atom stereocenters. The molecule has 1 amide bonds. The smallest absolute Gasteiger partial charge is 0.260 e. The Morgan fingerprint density at radius 2 is 2.03 bits per heavy atom. The van der Waals surface area contributed by atoms with Gasteiger partial charge in [0.15, 0.2) is 12.3 Å². The van der Waals surface area contributed by atoms with Gasteiger partial charge >= 0.3 is 0 Å². The van der Waals surface area contributed by atoms with E-state index in [1.165, 1.54) is 16.4 Å². The number of hydrogen-bond acceptors (Lipinski definition) is 7. The van der Waals surface area contributed by atoms with Crippen molar-refractivity contribution in [3.8, 4) is 5.88 Å². The monoisotopic (exact) mass is 394 g/mol. The van der Waals surface area contributed by atoms with E-state index >= 15 is 0 Å². The third-order valence-electron chi connectivity index (χ3n) is 5.53. The Kier molecular flexibility index (Phi) is 4.82. The van der Waals surface area contributed by atoms with Crippen LogP contribution in [0, 0.1) is 0 Å². The van der Waals surface area contributed by atoms with Gasteiger partial charge in [0.1, 0.15) is 6.33 Å². The van der Waals surface area contributed by atoms with Crippen LogP contribution in [0.1, 0.15) is 11.6 Å². The predicted octanol–water partition coefficient (Wildman–Crippen LogP) is 0.787. The maximum absolute atomic E-state index is 12.7. The van der Waals surface area contributed by atoms with Crippen molar-refractivity contribution in [3.05, 3.63) is 54.4 Å². The van der Waals surface area contributed by atoms with Gasteiger partial charge in [0.25, 0.3) is 5.91 Å². The number of piperazine rings is 1. The molecule has 150 valence electrons. The van der Waals surface area contributed by atoms with Crippen molar-refractivity contribution in [1.82, 2.24) is 29.6 Å². The summed E-state index contributed by atoms with van der Waals surface area (Å²) in [5, 5.41) is 11.9. The van der Waals surface area contributed by atoms with Crippen molar-refractivity contribution < 1.29 is 14.3 Å². The van der Waals surface area contributed by atoms with Crippen molar-refractivity contribution in [2.24, 2.45) is 0 Å². The second-order valence-electron chi connectivity index (χ2n) is 7.29. The van der Waals surface area contributed by atoms with E-state index in [-0.39, 0.29) is 24.6 Å². The van der Waals surface area contributed by atoms with Gasteiger partial charge in [-0.25, -0.2) is 0 Å². The third-order valence-corrected chi connectivity index (χ3v) is 5.53. The van der Waals surface area contributed by atoms with Gasteiger partial charge in [0.05, 0.1) is 25.3 Å². The molecule has 0 radical (unpaired) electrons. The second kappa shape index (κ2) is 7.76. The number of nitrogens with zero attached hydrogens (tertiary/aromatic N) is 6. The largest absolute Gasteiger partial charge is 0.467 e. The number of benzene rings is 1. The van der Waals surface area contributed by atoms with Crippen LogP contribution in [0.4, 0.5) is 0 Å². The molecule has 29 heavy (non-hydrogen) atoms. The van der Waals surface area contributed by atoms with Crippen molar-refractivity contribution >= 4 is 11.6 Å². The molecule has 0 aliphatic carbocycles. The van der Waals surface area contributed by atoms with Crippen LogP contribution in [0.5, 0.6) is 5.88 Å². The van der Waals surface area contributed by atoms with Crippen LogP contribution in [-0.4, -0.2) is 81.0 Å². The van der Waals surface area contributed by atoms with Crippen LogP contribution < -0.4 is 4.74 Å². The van der Waals surface area contributed by atoms with Crippen molar-refractivity contribution in [3.63, 3.8) is 0 Å². The molecule has 9 heteroatoms. The van der Waals surface area contributed by atoms with Crippen LogP contribution in [0.15, 0.2) is 48.8 Å². The zero-order chi connectivity index (χ0) is 19.6. The van der Waals surface area contributed by atoms with Gasteiger partial charge in [-0.3, -0.25) is 9.69 Å². The van der Waals surface area contributed by atoms with Crippen LogP contribution in [0.2, 0.25) is 0 Å². The molecule has 4 heterocycles. The van der Waals surface area contributed by atoms with Crippen LogP contribution in [-0.2, 0) is 9.53 Å². The minimum Gasteiger partial charge on any atom is -0.467 e. The van der Waals surface area contributed by atoms with E-state index in [4.69, 9.17) is 9.47 Å². The second-order valence-corrected chi connectivity index (χ2v) is 7.29. The highest BCUT2D eigenvalue weighted by Gasteiger charge is 2.37. The standard InChI is InChI=1S/C20H22N6O3/c27-20(13-29-19-7-6-18-22-21-14-26(18)23-19)24-8-9-25-16(10-24)11-28-12-17(25)15-4-2-1-3-5-15/h1-7,14,16-17H,8-13H2/t16-,17-/m1/s1. The summed E-state index contributed by atoms with van der Waals surface area (Å²) >= 11 is 0. The minimum absolute atomic E-state index is 0.0443. The fourth-order valence-corrected chi connectivity index (χ4v) is 4.04. The highest BCUT2D eigenvalue weighted by Crippen LogP contribution is 2.29.